The minimum atomic E-state index is 0.0560. The lowest BCUT2D eigenvalue weighted by molar-refractivity contribution is -0.124. The molecule has 1 heterocycles. The molecule has 0 aromatic rings. The zero-order valence-corrected chi connectivity index (χ0v) is 12.2. The monoisotopic (exact) mass is 279 g/mol. The van der Waals surface area contributed by atoms with Gasteiger partial charge in [-0.05, 0) is 31.6 Å². The van der Waals surface area contributed by atoms with Crippen LogP contribution in [0.5, 0.6) is 0 Å². The number of nitrogens with one attached hydrogen (secondary N) is 2. The van der Waals surface area contributed by atoms with E-state index in [1.807, 2.05) is 0 Å². The summed E-state index contributed by atoms with van der Waals surface area (Å²) in [5.74, 6) is 0.662. The van der Waals surface area contributed by atoms with Crippen molar-refractivity contribution < 1.29 is 9.59 Å². The number of piperidine rings is 1. The molecular formula is C15H25N3O2. The summed E-state index contributed by atoms with van der Waals surface area (Å²) < 4.78 is 0. The Hall–Kier alpha value is -1.36. The number of hydrogen-bond acceptors (Lipinski definition) is 3. The van der Waals surface area contributed by atoms with E-state index in [0.29, 0.717) is 18.9 Å². The van der Waals surface area contributed by atoms with Crippen molar-refractivity contribution in [1.29, 1.82) is 0 Å². The molecule has 0 aromatic heterocycles. The molecule has 0 spiro atoms. The molecule has 2 amide bonds. The summed E-state index contributed by atoms with van der Waals surface area (Å²) in [4.78, 5) is 25.4. The summed E-state index contributed by atoms with van der Waals surface area (Å²) in [7, 11) is 1.66. The normalized spacial score (nSPS) is 23.8. The Morgan fingerprint density at radius 2 is 1.95 bits per heavy atom. The van der Waals surface area contributed by atoms with Crippen molar-refractivity contribution in [1.82, 2.24) is 15.5 Å². The Kier molecular flexibility index (Phi) is 5.59. The van der Waals surface area contributed by atoms with Gasteiger partial charge in [0.25, 0.3) is 0 Å². The molecule has 1 atom stereocenters. The predicted octanol–water partition coefficient (Wildman–Crippen LogP) is 0.669. The second-order valence-electron chi connectivity index (χ2n) is 5.76. The van der Waals surface area contributed by atoms with Crippen molar-refractivity contribution in [2.75, 3.05) is 26.7 Å². The van der Waals surface area contributed by atoms with E-state index in [4.69, 9.17) is 0 Å². The van der Waals surface area contributed by atoms with E-state index in [2.05, 4.69) is 27.7 Å². The maximum absolute atomic E-state index is 12.0. The Morgan fingerprint density at radius 1 is 1.20 bits per heavy atom. The maximum atomic E-state index is 12.0. The van der Waals surface area contributed by atoms with E-state index in [9.17, 15) is 9.59 Å². The van der Waals surface area contributed by atoms with Crippen LogP contribution in [0.25, 0.3) is 0 Å². The molecule has 2 rings (SSSR count). The van der Waals surface area contributed by atoms with Crippen LogP contribution in [-0.2, 0) is 9.59 Å². The Balaban J connectivity index is 1.64. The number of allylic oxidation sites excluding steroid dienone is 2. The van der Waals surface area contributed by atoms with Crippen LogP contribution in [0.2, 0.25) is 0 Å². The molecule has 0 bridgehead atoms. The lowest BCUT2D eigenvalue weighted by Gasteiger charge is -2.31. The molecule has 1 saturated heterocycles. The molecule has 0 saturated carbocycles. The van der Waals surface area contributed by atoms with Gasteiger partial charge >= 0.3 is 0 Å². The van der Waals surface area contributed by atoms with Gasteiger partial charge in [0.1, 0.15) is 0 Å². The van der Waals surface area contributed by atoms with Crippen molar-refractivity contribution >= 4 is 11.8 Å². The van der Waals surface area contributed by atoms with Gasteiger partial charge in [-0.1, -0.05) is 12.2 Å². The molecule has 2 N–H and O–H groups in total. The Labute approximate surface area is 120 Å². The first kappa shape index (κ1) is 15.0. The third-order valence-corrected chi connectivity index (χ3v) is 4.16. The summed E-state index contributed by atoms with van der Waals surface area (Å²) >= 11 is 0. The average Bonchev–Trinajstić information content (AvgIpc) is 2.93. The van der Waals surface area contributed by atoms with E-state index in [1.54, 1.807) is 7.05 Å². The molecular weight excluding hydrogens is 254 g/mol. The van der Waals surface area contributed by atoms with Gasteiger partial charge in [-0.25, -0.2) is 0 Å². The predicted molar refractivity (Wildman–Crippen MR) is 78.2 cm³/mol. The Morgan fingerprint density at radius 3 is 2.55 bits per heavy atom. The fourth-order valence-corrected chi connectivity index (χ4v) is 2.91. The van der Waals surface area contributed by atoms with Gasteiger partial charge in [0.2, 0.25) is 11.8 Å². The molecule has 1 fully saturated rings. The number of nitrogens with zero attached hydrogens (tertiary/aromatic N) is 1. The summed E-state index contributed by atoms with van der Waals surface area (Å²) in [5, 5.41) is 5.77. The molecule has 5 nitrogen and oxygen atoms in total. The van der Waals surface area contributed by atoms with Gasteiger partial charge in [0.05, 0.1) is 6.54 Å². The first-order valence-corrected chi connectivity index (χ1v) is 7.56. The maximum Gasteiger partial charge on any atom is 0.233 e. The lowest BCUT2D eigenvalue weighted by atomic mass is 10.0. The third-order valence-electron chi connectivity index (χ3n) is 4.16. The lowest BCUT2D eigenvalue weighted by Crippen LogP contribution is -2.47. The topological polar surface area (TPSA) is 61.4 Å². The summed E-state index contributed by atoms with van der Waals surface area (Å²) in [6.45, 7) is 2.22. The van der Waals surface area contributed by atoms with Crippen molar-refractivity contribution in [3.8, 4) is 0 Å². The summed E-state index contributed by atoms with van der Waals surface area (Å²) in [6.07, 6.45) is 9.02. The summed E-state index contributed by atoms with van der Waals surface area (Å²) in [6, 6.07) is 0.272. The van der Waals surface area contributed by atoms with E-state index in [0.717, 1.165) is 38.8 Å². The van der Waals surface area contributed by atoms with Crippen LogP contribution in [0.3, 0.4) is 0 Å². The molecule has 2 aliphatic rings. The fraction of sp³-hybridized carbons (Fsp3) is 0.733. The minimum Gasteiger partial charge on any atom is -0.358 e. The zero-order chi connectivity index (χ0) is 14.4. The van der Waals surface area contributed by atoms with Crippen LogP contribution in [0.4, 0.5) is 0 Å². The SMILES string of the molecule is CNC(=O)CN1CCC(NC(=O)C[C@@H]2C=CCC2)CC1. The number of carbonyl (C=O) groups is 2. The van der Waals surface area contributed by atoms with Crippen LogP contribution in [-0.4, -0.2) is 49.4 Å². The number of hydrogen-bond donors (Lipinski definition) is 2. The highest BCUT2D eigenvalue weighted by Gasteiger charge is 2.22. The highest BCUT2D eigenvalue weighted by molar-refractivity contribution is 5.78. The summed E-state index contributed by atoms with van der Waals surface area (Å²) in [5.41, 5.74) is 0. The average molecular weight is 279 g/mol. The number of likely N-dealkylation sites (tertiary alicyclic amines) is 1. The van der Waals surface area contributed by atoms with Gasteiger partial charge in [-0.15, -0.1) is 0 Å². The fourth-order valence-electron chi connectivity index (χ4n) is 2.91. The van der Waals surface area contributed by atoms with Crippen molar-refractivity contribution in [2.45, 2.75) is 38.1 Å². The van der Waals surface area contributed by atoms with Crippen LogP contribution < -0.4 is 10.6 Å². The molecule has 20 heavy (non-hydrogen) atoms. The van der Waals surface area contributed by atoms with Gasteiger partial charge in [0.15, 0.2) is 0 Å². The van der Waals surface area contributed by atoms with E-state index >= 15 is 0 Å². The number of carbonyl (C=O) groups excluding carboxylic acids is 2. The molecule has 0 unspecified atom stereocenters. The van der Waals surface area contributed by atoms with Crippen LogP contribution >= 0.6 is 0 Å². The van der Waals surface area contributed by atoms with Crippen molar-refractivity contribution in [2.24, 2.45) is 5.92 Å². The first-order chi connectivity index (χ1) is 9.67. The third kappa shape index (κ3) is 4.63. The minimum absolute atomic E-state index is 0.0560. The zero-order valence-electron chi connectivity index (χ0n) is 12.2. The van der Waals surface area contributed by atoms with Crippen LogP contribution in [0.1, 0.15) is 32.1 Å². The molecule has 0 radical (unpaired) electrons. The van der Waals surface area contributed by atoms with E-state index in [1.165, 1.54) is 0 Å². The second-order valence-corrected chi connectivity index (χ2v) is 5.76. The van der Waals surface area contributed by atoms with Gasteiger partial charge in [-0.2, -0.15) is 0 Å². The smallest absolute Gasteiger partial charge is 0.233 e. The van der Waals surface area contributed by atoms with E-state index < -0.39 is 0 Å². The Bertz CT molecular complexity index is 373. The standard InChI is InChI=1S/C15H25N3O2/c1-16-15(20)11-18-8-6-13(7-9-18)17-14(19)10-12-4-2-3-5-12/h2,4,12-13H,3,5-11H2,1H3,(H,16,20)(H,17,19)/t12-/m1/s1. The largest absolute Gasteiger partial charge is 0.358 e. The number of amides is 2. The number of likely N-dealkylation sites (N-methyl/N-ethyl adjacent to an activating group) is 1. The first-order valence-electron chi connectivity index (χ1n) is 7.56. The van der Waals surface area contributed by atoms with Crippen LogP contribution in [0, 0.1) is 5.92 Å². The molecule has 1 aliphatic heterocycles. The molecule has 1 aliphatic carbocycles. The molecule has 5 heteroatoms. The second kappa shape index (κ2) is 7.43. The quantitative estimate of drug-likeness (QED) is 0.727. The molecule has 0 aromatic carbocycles. The number of rotatable bonds is 5. The molecule has 112 valence electrons. The highest BCUT2D eigenvalue weighted by Crippen LogP contribution is 2.20. The van der Waals surface area contributed by atoms with Gasteiger partial charge < -0.3 is 10.6 Å². The van der Waals surface area contributed by atoms with Gasteiger partial charge in [0, 0.05) is 32.6 Å². The van der Waals surface area contributed by atoms with Gasteiger partial charge in [-0.3, -0.25) is 14.5 Å². The van der Waals surface area contributed by atoms with Crippen molar-refractivity contribution in [3.63, 3.8) is 0 Å². The van der Waals surface area contributed by atoms with Crippen LogP contribution in [0.15, 0.2) is 12.2 Å². The van der Waals surface area contributed by atoms with E-state index in [-0.39, 0.29) is 17.9 Å². The van der Waals surface area contributed by atoms with Crippen molar-refractivity contribution in [3.05, 3.63) is 12.2 Å². The highest BCUT2D eigenvalue weighted by atomic mass is 16.2.